The Kier molecular flexibility index (Phi) is 6.00. The van der Waals surface area contributed by atoms with Crippen molar-refractivity contribution in [3.63, 3.8) is 0 Å². The third-order valence-electron chi connectivity index (χ3n) is 4.45. The number of amides is 1. The summed E-state index contributed by atoms with van der Waals surface area (Å²) in [5.74, 6) is 0.935. The molecule has 0 aromatic rings. The molecule has 3 heteroatoms. The van der Waals surface area contributed by atoms with Gasteiger partial charge in [0.05, 0.1) is 0 Å². The van der Waals surface area contributed by atoms with E-state index in [0.717, 1.165) is 37.4 Å². The highest BCUT2D eigenvalue weighted by molar-refractivity contribution is 5.89. The number of hydrogen-bond donors (Lipinski definition) is 1. The lowest BCUT2D eigenvalue weighted by atomic mass is 9.89. The van der Waals surface area contributed by atoms with E-state index in [2.05, 4.69) is 38.2 Å². The SMILES string of the molecule is CNC(C)(C(=O)N1CCC(C)CC1)/C(C)=C/C=C(C)C. The van der Waals surface area contributed by atoms with E-state index in [1.54, 1.807) is 0 Å². The van der Waals surface area contributed by atoms with Crippen molar-refractivity contribution in [2.24, 2.45) is 5.92 Å². The predicted molar refractivity (Wildman–Crippen MR) is 85.6 cm³/mol. The summed E-state index contributed by atoms with van der Waals surface area (Å²) in [6.07, 6.45) is 6.34. The van der Waals surface area contributed by atoms with E-state index in [0.29, 0.717) is 0 Å². The molecule has 0 radical (unpaired) electrons. The Bertz CT molecular complexity index is 399. The molecule has 0 aliphatic carbocycles. The van der Waals surface area contributed by atoms with Crippen LogP contribution in [0.2, 0.25) is 0 Å². The van der Waals surface area contributed by atoms with E-state index in [4.69, 9.17) is 0 Å². The van der Waals surface area contributed by atoms with Crippen molar-refractivity contribution >= 4 is 5.91 Å². The van der Waals surface area contributed by atoms with Gasteiger partial charge in [-0.1, -0.05) is 24.6 Å². The summed E-state index contributed by atoms with van der Waals surface area (Å²) in [6, 6.07) is 0. The van der Waals surface area contributed by atoms with Crippen LogP contribution in [-0.2, 0) is 4.79 Å². The van der Waals surface area contributed by atoms with Crippen LogP contribution in [0.25, 0.3) is 0 Å². The minimum atomic E-state index is -0.605. The maximum absolute atomic E-state index is 12.8. The zero-order valence-corrected chi connectivity index (χ0v) is 13.9. The first-order valence-electron chi connectivity index (χ1n) is 7.61. The molecule has 0 aromatic heterocycles. The molecule has 0 saturated carbocycles. The van der Waals surface area contributed by atoms with Gasteiger partial charge in [-0.15, -0.1) is 0 Å². The van der Waals surface area contributed by atoms with Gasteiger partial charge in [0.2, 0.25) is 5.91 Å². The molecule has 3 nitrogen and oxygen atoms in total. The number of likely N-dealkylation sites (tertiary alicyclic amines) is 1. The van der Waals surface area contributed by atoms with Crippen LogP contribution in [0.1, 0.15) is 47.5 Å². The van der Waals surface area contributed by atoms with Crippen LogP contribution in [0.3, 0.4) is 0 Å². The maximum Gasteiger partial charge on any atom is 0.246 e. The monoisotopic (exact) mass is 278 g/mol. The minimum absolute atomic E-state index is 0.197. The normalized spacial score (nSPS) is 20.5. The number of rotatable bonds is 4. The molecule has 1 unspecified atom stereocenters. The molecule has 1 heterocycles. The smallest absolute Gasteiger partial charge is 0.246 e. The number of nitrogens with one attached hydrogen (secondary N) is 1. The largest absolute Gasteiger partial charge is 0.341 e. The number of likely N-dealkylation sites (N-methyl/N-ethyl adjacent to an activating group) is 1. The summed E-state index contributed by atoms with van der Waals surface area (Å²) >= 11 is 0. The van der Waals surface area contributed by atoms with Gasteiger partial charge in [-0.25, -0.2) is 0 Å². The van der Waals surface area contributed by atoms with Crippen molar-refractivity contribution in [2.75, 3.05) is 20.1 Å². The lowest BCUT2D eigenvalue weighted by Gasteiger charge is -2.38. The van der Waals surface area contributed by atoms with Crippen molar-refractivity contribution in [1.82, 2.24) is 10.2 Å². The predicted octanol–water partition coefficient (Wildman–Crippen LogP) is 3.14. The molecule has 1 rings (SSSR count). The fourth-order valence-electron chi connectivity index (χ4n) is 2.46. The maximum atomic E-state index is 12.8. The quantitative estimate of drug-likeness (QED) is 0.801. The average Bonchev–Trinajstić information content (AvgIpc) is 2.43. The van der Waals surface area contributed by atoms with Gasteiger partial charge in [-0.05, 0) is 59.1 Å². The number of nitrogens with zero attached hydrogens (tertiary/aromatic N) is 1. The number of hydrogen-bond acceptors (Lipinski definition) is 2. The lowest BCUT2D eigenvalue weighted by Crippen LogP contribution is -2.57. The van der Waals surface area contributed by atoms with Crippen LogP contribution in [0, 0.1) is 5.92 Å². The van der Waals surface area contributed by atoms with Gasteiger partial charge in [0.15, 0.2) is 0 Å². The van der Waals surface area contributed by atoms with Crippen LogP contribution >= 0.6 is 0 Å². The molecule has 1 N–H and O–H groups in total. The fourth-order valence-corrected chi connectivity index (χ4v) is 2.46. The van der Waals surface area contributed by atoms with E-state index < -0.39 is 5.54 Å². The highest BCUT2D eigenvalue weighted by Crippen LogP contribution is 2.23. The fraction of sp³-hybridized carbons (Fsp3) is 0.706. The van der Waals surface area contributed by atoms with Gasteiger partial charge in [-0.3, -0.25) is 4.79 Å². The second kappa shape index (κ2) is 7.07. The summed E-state index contributed by atoms with van der Waals surface area (Å²) in [5, 5.41) is 3.22. The second-order valence-electron chi connectivity index (χ2n) is 6.44. The van der Waals surface area contributed by atoms with Crippen LogP contribution in [0.5, 0.6) is 0 Å². The summed E-state index contributed by atoms with van der Waals surface area (Å²) in [6.45, 7) is 12.2. The van der Waals surface area contributed by atoms with Crippen LogP contribution in [0.15, 0.2) is 23.3 Å². The third-order valence-corrected chi connectivity index (χ3v) is 4.45. The Morgan fingerprint density at radius 2 is 1.75 bits per heavy atom. The Morgan fingerprint density at radius 3 is 2.20 bits per heavy atom. The van der Waals surface area contributed by atoms with Gasteiger partial charge in [-0.2, -0.15) is 0 Å². The highest BCUT2D eigenvalue weighted by Gasteiger charge is 2.37. The van der Waals surface area contributed by atoms with Crippen molar-refractivity contribution < 1.29 is 4.79 Å². The van der Waals surface area contributed by atoms with Gasteiger partial charge < -0.3 is 10.2 Å². The summed E-state index contributed by atoms with van der Waals surface area (Å²) < 4.78 is 0. The molecule has 0 aromatic carbocycles. The zero-order valence-electron chi connectivity index (χ0n) is 13.9. The van der Waals surface area contributed by atoms with Gasteiger partial charge >= 0.3 is 0 Å². The number of piperidine rings is 1. The average molecular weight is 278 g/mol. The van der Waals surface area contributed by atoms with Crippen molar-refractivity contribution in [3.8, 4) is 0 Å². The van der Waals surface area contributed by atoms with Crippen molar-refractivity contribution in [2.45, 2.75) is 53.0 Å². The summed E-state index contributed by atoms with van der Waals surface area (Å²) in [5.41, 5.74) is 1.69. The molecule has 1 aliphatic rings. The highest BCUT2D eigenvalue weighted by atomic mass is 16.2. The number of allylic oxidation sites excluding steroid dienone is 3. The van der Waals surface area contributed by atoms with E-state index in [-0.39, 0.29) is 5.91 Å². The molecule has 0 spiro atoms. The Labute approximate surface area is 124 Å². The first kappa shape index (κ1) is 17.0. The van der Waals surface area contributed by atoms with Crippen LogP contribution in [-0.4, -0.2) is 36.5 Å². The van der Waals surface area contributed by atoms with Crippen LogP contribution in [0.4, 0.5) is 0 Å². The standard InChI is InChI=1S/C17H30N2O/c1-13(2)7-8-15(4)17(5,18-6)16(20)19-11-9-14(3)10-12-19/h7-8,14,18H,9-12H2,1-6H3/b15-8+. The Morgan fingerprint density at radius 1 is 1.20 bits per heavy atom. The summed E-state index contributed by atoms with van der Waals surface area (Å²) in [4.78, 5) is 14.9. The minimum Gasteiger partial charge on any atom is -0.341 e. The zero-order chi connectivity index (χ0) is 15.3. The molecule has 1 fully saturated rings. The van der Waals surface area contributed by atoms with Gasteiger partial charge in [0.25, 0.3) is 0 Å². The molecule has 1 amide bonds. The van der Waals surface area contributed by atoms with Crippen molar-refractivity contribution in [3.05, 3.63) is 23.3 Å². The van der Waals surface area contributed by atoms with E-state index in [9.17, 15) is 4.79 Å². The molecule has 1 atom stereocenters. The number of carbonyl (C=O) groups is 1. The first-order chi connectivity index (χ1) is 9.31. The molecule has 1 saturated heterocycles. The molecule has 1 aliphatic heterocycles. The van der Waals surface area contributed by atoms with Crippen molar-refractivity contribution in [1.29, 1.82) is 0 Å². The molecular formula is C17H30N2O. The van der Waals surface area contributed by atoms with Gasteiger partial charge in [0, 0.05) is 13.1 Å². The summed E-state index contributed by atoms with van der Waals surface area (Å²) in [7, 11) is 1.87. The van der Waals surface area contributed by atoms with E-state index in [1.807, 2.05) is 25.8 Å². The molecule has 20 heavy (non-hydrogen) atoms. The van der Waals surface area contributed by atoms with Crippen LogP contribution < -0.4 is 5.32 Å². The van der Waals surface area contributed by atoms with E-state index >= 15 is 0 Å². The molecule has 114 valence electrons. The van der Waals surface area contributed by atoms with Gasteiger partial charge in [0.1, 0.15) is 5.54 Å². The Hall–Kier alpha value is -1.09. The molecular weight excluding hydrogens is 248 g/mol. The lowest BCUT2D eigenvalue weighted by molar-refractivity contribution is -0.137. The third kappa shape index (κ3) is 3.95. The number of carbonyl (C=O) groups excluding carboxylic acids is 1. The topological polar surface area (TPSA) is 32.3 Å². The molecule has 0 bridgehead atoms. The van der Waals surface area contributed by atoms with E-state index in [1.165, 1.54) is 5.57 Å². The Balaban J connectivity index is 2.89. The second-order valence-corrected chi connectivity index (χ2v) is 6.44. The first-order valence-corrected chi connectivity index (χ1v) is 7.61.